The van der Waals surface area contributed by atoms with E-state index in [1.807, 2.05) is 0 Å². The van der Waals surface area contributed by atoms with Crippen molar-refractivity contribution in [1.82, 2.24) is 4.90 Å². The molecule has 0 aliphatic rings. The number of halogens is 1. The molecule has 86 valence electrons. The summed E-state index contributed by atoms with van der Waals surface area (Å²) < 4.78 is 13.4. The lowest BCUT2D eigenvalue weighted by Gasteiger charge is -2.23. The normalized spacial score (nSPS) is 11.9. The molecule has 1 amide bonds. The van der Waals surface area contributed by atoms with Crippen molar-refractivity contribution in [1.29, 1.82) is 0 Å². The third-order valence-electron chi connectivity index (χ3n) is 2.44. The van der Waals surface area contributed by atoms with Crippen LogP contribution in [0.4, 0.5) is 4.39 Å². The fourth-order valence-electron chi connectivity index (χ4n) is 1.35. The van der Waals surface area contributed by atoms with Crippen LogP contribution in [0.1, 0.15) is 18.5 Å². The second-order valence-corrected chi connectivity index (χ2v) is 3.42. The SMILES string of the molecule is CC(c1ccccc1F)N(C)C(=O)C(=O)O. The number of hydrogen-bond donors (Lipinski definition) is 1. The van der Waals surface area contributed by atoms with Crippen molar-refractivity contribution in [3.05, 3.63) is 35.6 Å². The molecule has 16 heavy (non-hydrogen) atoms. The molecule has 0 bridgehead atoms. The molecule has 0 spiro atoms. The Morgan fingerprint density at radius 2 is 1.94 bits per heavy atom. The highest BCUT2D eigenvalue weighted by Crippen LogP contribution is 2.21. The molecule has 1 atom stereocenters. The number of hydrogen-bond acceptors (Lipinski definition) is 2. The van der Waals surface area contributed by atoms with Gasteiger partial charge >= 0.3 is 11.9 Å². The number of likely N-dealkylation sites (N-methyl/N-ethyl adjacent to an activating group) is 1. The first-order chi connectivity index (χ1) is 7.45. The summed E-state index contributed by atoms with van der Waals surface area (Å²) in [5.74, 6) is -3.07. The number of amides is 1. The molecule has 1 unspecified atom stereocenters. The maximum Gasteiger partial charge on any atom is 0.394 e. The molecule has 0 aromatic heterocycles. The van der Waals surface area contributed by atoms with Crippen molar-refractivity contribution in [3.8, 4) is 0 Å². The number of nitrogens with zero attached hydrogens (tertiary/aromatic N) is 1. The smallest absolute Gasteiger partial charge is 0.394 e. The Bertz CT molecular complexity index is 419. The molecule has 5 heteroatoms. The average Bonchev–Trinajstić information content (AvgIpc) is 2.26. The van der Waals surface area contributed by atoms with E-state index < -0.39 is 23.7 Å². The zero-order chi connectivity index (χ0) is 12.3. The number of rotatable bonds is 2. The van der Waals surface area contributed by atoms with E-state index in [9.17, 15) is 14.0 Å². The monoisotopic (exact) mass is 225 g/mol. The average molecular weight is 225 g/mol. The fourth-order valence-corrected chi connectivity index (χ4v) is 1.35. The summed E-state index contributed by atoms with van der Waals surface area (Å²) >= 11 is 0. The molecule has 0 saturated heterocycles. The molecular weight excluding hydrogens is 213 g/mol. The van der Waals surface area contributed by atoms with Crippen molar-refractivity contribution < 1.29 is 19.1 Å². The van der Waals surface area contributed by atoms with Crippen LogP contribution in [0.5, 0.6) is 0 Å². The second kappa shape index (κ2) is 4.74. The maximum absolute atomic E-state index is 13.4. The standard InChI is InChI=1S/C11H12FNO3/c1-7(13(2)10(14)11(15)16)8-5-3-4-6-9(8)12/h3-7H,1-2H3,(H,15,16). The van der Waals surface area contributed by atoms with Crippen LogP contribution in [0.2, 0.25) is 0 Å². The van der Waals surface area contributed by atoms with Crippen molar-refractivity contribution in [2.24, 2.45) is 0 Å². The highest BCUT2D eigenvalue weighted by atomic mass is 19.1. The summed E-state index contributed by atoms with van der Waals surface area (Å²) in [6.45, 7) is 1.57. The second-order valence-electron chi connectivity index (χ2n) is 3.42. The van der Waals surface area contributed by atoms with Crippen LogP contribution in [0.15, 0.2) is 24.3 Å². The van der Waals surface area contributed by atoms with Gasteiger partial charge in [0.2, 0.25) is 0 Å². The fraction of sp³-hybridized carbons (Fsp3) is 0.273. The van der Waals surface area contributed by atoms with Gasteiger partial charge in [0.05, 0.1) is 6.04 Å². The van der Waals surface area contributed by atoms with Crippen LogP contribution < -0.4 is 0 Å². The van der Waals surface area contributed by atoms with Crippen molar-refractivity contribution in [2.75, 3.05) is 7.05 Å². The van der Waals surface area contributed by atoms with E-state index >= 15 is 0 Å². The van der Waals surface area contributed by atoms with Gasteiger partial charge in [0.25, 0.3) is 0 Å². The van der Waals surface area contributed by atoms with Gasteiger partial charge in [0.1, 0.15) is 5.82 Å². The summed E-state index contributed by atoms with van der Waals surface area (Å²) in [6, 6.07) is 5.33. The predicted molar refractivity (Wildman–Crippen MR) is 55.2 cm³/mol. The van der Waals surface area contributed by atoms with Gasteiger partial charge in [-0.05, 0) is 13.0 Å². The van der Waals surface area contributed by atoms with Gasteiger partial charge in [-0.2, -0.15) is 0 Å². The van der Waals surface area contributed by atoms with Crippen LogP contribution >= 0.6 is 0 Å². The molecule has 1 aromatic rings. The molecule has 0 aliphatic heterocycles. The topological polar surface area (TPSA) is 57.6 Å². The van der Waals surface area contributed by atoms with Crippen molar-refractivity contribution in [3.63, 3.8) is 0 Å². The molecule has 0 heterocycles. The highest BCUT2D eigenvalue weighted by molar-refractivity contribution is 6.31. The van der Waals surface area contributed by atoms with Gasteiger partial charge in [-0.3, -0.25) is 4.79 Å². The predicted octanol–water partition coefficient (Wildman–Crippen LogP) is 1.43. The minimum absolute atomic E-state index is 0.291. The molecule has 4 nitrogen and oxygen atoms in total. The molecule has 0 fully saturated rings. The molecule has 0 aliphatic carbocycles. The molecule has 1 aromatic carbocycles. The van der Waals surface area contributed by atoms with E-state index in [-0.39, 0.29) is 0 Å². The Labute approximate surface area is 92.3 Å². The Morgan fingerprint density at radius 3 is 2.44 bits per heavy atom. The van der Waals surface area contributed by atoms with Gasteiger partial charge in [-0.1, -0.05) is 18.2 Å². The maximum atomic E-state index is 13.4. The van der Waals surface area contributed by atoms with Gasteiger partial charge in [-0.15, -0.1) is 0 Å². The lowest BCUT2D eigenvalue weighted by molar-refractivity contribution is -0.156. The molecule has 1 rings (SSSR count). The number of aliphatic carboxylic acids is 1. The number of carboxylic acids is 1. The van der Waals surface area contributed by atoms with E-state index in [1.165, 1.54) is 25.2 Å². The molecule has 0 saturated carbocycles. The van der Waals surface area contributed by atoms with Crippen LogP contribution in [0.25, 0.3) is 0 Å². The molecular formula is C11H12FNO3. The Hall–Kier alpha value is -1.91. The first kappa shape index (κ1) is 12.2. The highest BCUT2D eigenvalue weighted by Gasteiger charge is 2.24. The summed E-state index contributed by atoms with van der Waals surface area (Å²) in [6.07, 6.45) is 0. The Balaban J connectivity index is 2.94. The largest absolute Gasteiger partial charge is 0.474 e. The third-order valence-corrected chi connectivity index (χ3v) is 2.44. The quantitative estimate of drug-likeness (QED) is 0.774. The number of carbonyl (C=O) groups excluding carboxylic acids is 1. The first-order valence-electron chi connectivity index (χ1n) is 4.69. The van der Waals surface area contributed by atoms with Crippen molar-refractivity contribution >= 4 is 11.9 Å². The zero-order valence-corrected chi connectivity index (χ0v) is 8.98. The van der Waals surface area contributed by atoms with E-state index in [2.05, 4.69) is 0 Å². The van der Waals surface area contributed by atoms with Gasteiger partial charge in [0, 0.05) is 12.6 Å². The summed E-state index contributed by atoms with van der Waals surface area (Å²) in [5.41, 5.74) is 0.291. The van der Waals surface area contributed by atoms with Crippen molar-refractivity contribution in [2.45, 2.75) is 13.0 Å². The summed E-state index contributed by atoms with van der Waals surface area (Å²) in [4.78, 5) is 22.6. The van der Waals surface area contributed by atoms with E-state index in [1.54, 1.807) is 13.0 Å². The van der Waals surface area contributed by atoms with Crippen LogP contribution in [-0.2, 0) is 9.59 Å². The van der Waals surface area contributed by atoms with Crippen LogP contribution in [0.3, 0.4) is 0 Å². The molecule has 1 N–H and O–H groups in total. The van der Waals surface area contributed by atoms with Gasteiger partial charge in [0.15, 0.2) is 0 Å². The Morgan fingerprint density at radius 1 is 1.38 bits per heavy atom. The first-order valence-corrected chi connectivity index (χ1v) is 4.69. The van der Waals surface area contributed by atoms with Crippen LogP contribution in [-0.4, -0.2) is 28.9 Å². The van der Waals surface area contributed by atoms with E-state index in [0.29, 0.717) is 5.56 Å². The molecule has 0 radical (unpaired) electrons. The zero-order valence-electron chi connectivity index (χ0n) is 8.98. The summed E-state index contributed by atoms with van der Waals surface area (Å²) in [5, 5.41) is 8.53. The van der Waals surface area contributed by atoms with Crippen LogP contribution in [0, 0.1) is 5.82 Å². The summed E-state index contributed by atoms with van der Waals surface area (Å²) in [7, 11) is 1.33. The van der Waals surface area contributed by atoms with E-state index in [4.69, 9.17) is 5.11 Å². The third kappa shape index (κ3) is 2.36. The lowest BCUT2D eigenvalue weighted by atomic mass is 10.1. The van der Waals surface area contributed by atoms with Gasteiger partial charge < -0.3 is 10.0 Å². The van der Waals surface area contributed by atoms with E-state index in [0.717, 1.165) is 4.90 Å². The van der Waals surface area contributed by atoms with Gasteiger partial charge in [-0.25, -0.2) is 9.18 Å². The minimum atomic E-state index is -1.55. The number of benzene rings is 1. The Kier molecular flexibility index (Phi) is 3.60. The number of carbonyl (C=O) groups is 2. The minimum Gasteiger partial charge on any atom is -0.474 e. The lowest BCUT2D eigenvalue weighted by Crippen LogP contribution is -2.35. The number of carboxylic acid groups (broad SMARTS) is 1.